The van der Waals surface area contributed by atoms with Crippen molar-refractivity contribution in [3.8, 4) is 0 Å². The van der Waals surface area contributed by atoms with Gasteiger partial charge in [0, 0.05) is 12.4 Å². The standard InChI is InChI=1S/C9H13N3O2/c13-8-6-14-5-7(8)12-4-9-10-2-1-3-11-9/h1-3,7-8,12-13H,4-6H2. The predicted molar refractivity (Wildman–Crippen MR) is 49.5 cm³/mol. The molecule has 14 heavy (non-hydrogen) atoms. The van der Waals surface area contributed by atoms with Crippen molar-refractivity contribution in [3.63, 3.8) is 0 Å². The van der Waals surface area contributed by atoms with Gasteiger partial charge in [0.2, 0.25) is 0 Å². The van der Waals surface area contributed by atoms with Crippen molar-refractivity contribution in [3.05, 3.63) is 24.3 Å². The van der Waals surface area contributed by atoms with Crippen LogP contribution in [0.3, 0.4) is 0 Å². The van der Waals surface area contributed by atoms with E-state index in [1.165, 1.54) is 0 Å². The maximum absolute atomic E-state index is 9.44. The van der Waals surface area contributed by atoms with Gasteiger partial charge >= 0.3 is 0 Å². The van der Waals surface area contributed by atoms with Crippen molar-refractivity contribution in [2.45, 2.75) is 18.7 Å². The second-order valence-electron chi connectivity index (χ2n) is 3.26. The maximum Gasteiger partial charge on any atom is 0.141 e. The molecule has 1 aliphatic heterocycles. The number of aliphatic hydroxyl groups excluding tert-OH is 1. The average molecular weight is 195 g/mol. The Labute approximate surface area is 82.1 Å². The van der Waals surface area contributed by atoms with Crippen LogP contribution in [0.5, 0.6) is 0 Å². The molecule has 2 heterocycles. The minimum Gasteiger partial charge on any atom is -0.389 e. The van der Waals surface area contributed by atoms with Crippen LogP contribution in [-0.2, 0) is 11.3 Å². The van der Waals surface area contributed by atoms with E-state index in [1.54, 1.807) is 18.5 Å². The van der Waals surface area contributed by atoms with Crippen LogP contribution < -0.4 is 5.32 Å². The SMILES string of the molecule is OC1COCC1NCc1ncccn1. The summed E-state index contributed by atoms with van der Waals surface area (Å²) in [4.78, 5) is 8.14. The Hall–Kier alpha value is -1.04. The molecule has 0 bridgehead atoms. The molecule has 5 nitrogen and oxygen atoms in total. The van der Waals surface area contributed by atoms with Crippen molar-refractivity contribution in [2.24, 2.45) is 0 Å². The number of nitrogens with one attached hydrogen (secondary N) is 1. The van der Waals surface area contributed by atoms with Crippen molar-refractivity contribution in [2.75, 3.05) is 13.2 Å². The highest BCUT2D eigenvalue weighted by molar-refractivity contribution is 4.90. The lowest BCUT2D eigenvalue weighted by Gasteiger charge is -2.13. The third-order valence-corrected chi connectivity index (χ3v) is 2.19. The van der Waals surface area contributed by atoms with E-state index in [9.17, 15) is 5.11 Å². The molecule has 2 unspecified atom stereocenters. The molecule has 1 aromatic heterocycles. The number of rotatable bonds is 3. The number of nitrogens with zero attached hydrogens (tertiary/aromatic N) is 2. The summed E-state index contributed by atoms with van der Waals surface area (Å²) in [6.07, 6.45) is 2.98. The number of hydrogen-bond acceptors (Lipinski definition) is 5. The highest BCUT2D eigenvalue weighted by Crippen LogP contribution is 2.05. The van der Waals surface area contributed by atoms with E-state index in [0.29, 0.717) is 19.8 Å². The van der Waals surface area contributed by atoms with Gasteiger partial charge in [0.25, 0.3) is 0 Å². The van der Waals surface area contributed by atoms with Crippen LogP contribution in [0.4, 0.5) is 0 Å². The van der Waals surface area contributed by atoms with Crippen LogP contribution in [0.25, 0.3) is 0 Å². The van der Waals surface area contributed by atoms with Gasteiger partial charge in [0.15, 0.2) is 0 Å². The highest BCUT2D eigenvalue weighted by Gasteiger charge is 2.25. The summed E-state index contributed by atoms with van der Waals surface area (Å²) >= 11 is 0. The van der Waals surface area contributed by atoms with Crippen LogP contribution in [0.1, 0.15) is 5.82 Å². The smallest absolute Gasteiger partial charge is 0.141 e. The van der Waals surface area contributed by atoms with E-state index in [-0.39, 0.29) is 6.04 Å². The minimum absolute atomic E-state index is 0.00111. The van der Waals surface area contributed by atoms with Gasteiger partial charge in [-0.15, -0.1) is 0 Å². The molecule has 2 N–H and O–H groups in total. The fourth-order valence-electron chi connectivity index (χ4n) is 1.38. The lowest BCUT2D eigenvalue weighted by atomic mass is 10.2. The number of ether oxygens (including phenoxy) is 1. The minimum atomic E-state index is -0.418. The summed E-state index contributed by atoms with van der Waals surface area (Å²) in [5, 5.41) is 12.6. The molecule has 0 spiro atoms. The molecule has 0 radical (unpaired) electrons. The second kappa shape index (κ2) is 4.45. The number of aromatic nitrogens is 2. The Morgan fingerprint density at radius 3 is 2.86 bits per heavy atom. The van der Waals surface area contributed by atoms with Crippen LogP contribution in [0, 0.1) is 0 Å². The van der Waals surface area contributed by atoms with Gasteiger partial charge in [-0.3, -0.25) is 0 Å². The van der Waals surface area contributed by atoms with Gasteiger partial charge in [0.1, 0.15) is 5.82 Å². The highest BCUT2D eigenvalue weighted by atomic mass is 16.5. The molecule has 0 saturated carbocycles. The molecular formula is C9H13N3O2. The van der Waals surface area contributed by atoms with Gasteiger partial charge in [-0.1, -0.05) is 0 Å². The molecule has 1 aromatic rings. The van der Waals surface area contributed by atoms with Gasteiger partial charge in [-0.2, -0.15) is 0 Å². The van der Waals surface area contributed by atoms with Crippen molar-refractivity contribution in [1.82, 2.24) is 15.3 Å². The zero-order valence-electron chi connectivity index (χ0n) is 7.76. The fourth-order valence-corrected chi connectivity index (χ4v) is 1.38. The maximum atomic E-state index is 9.44. The van der Waals surface area contributed by atoms with E-state index in [4.69, 9.17) is 4.74 Å². The molecule has 1 fully saturated rings. The summed E-state index contributed by atoms with van der Waals surface area (Å²) in [5.74, 6) is 0.728. The first-order valence-corrected chi connectivity index (χ1v) is 4.61. The van der Waals surface area contributed by atoms with Gasteiger partial charge in [0.05, 0.1) is 31.9 Å². The third-order valence-electron chi connectivity index (χ3n) is 2.19. The summed E-state index contributed by atoms with van der Waals surface area (Å²) in [5.41, 5.74) is 0. The Kier molecular flexibility index (Phi) is 3.03. The fraction of sp³-hybridized carbons (Fsp3) is 0.556. The molecule has 1 saturated heterocycles. The molecule has 0 aliphatic carbocycles. The quantitative estimate of drug-likeness (QED) is 0.669. The van der Waals surface area contributed by atoms with E-state index in [0.717, 1.165) is 5.82 Å². The molecule has 2 atom stereocenters. The molecule has 76 valence electrons. The Morgan fingerprint density at radius 1 is 1.43 bits per heavy atom. The zero-order chi connectivity index (χ0) is 9.80. The summed E-state index contributed by atoms with van der Waals surface area (Å²) in [6, 6.07) is 1.77. The van der Waals surface area contributed by atoms with Crippen LogP contribution in [0.2, 0.25) is 0 Å². The first-order chi connectivity index (χ1) is 6.86. The van der Waals surface area contributed by atoms with Crippen LogP contribution >= 0.6 is 0 Å². The van der Waals surface area contributed by atoms with Crippen molar-refractivity contribution in [1.29, 1.82) is 0 Å². The van der Waals surface area contributed by atoms with E-state index in [1.807, 2.05) is 0 Å². The Balaban J connectivity index is 1.82. The molecule has 0 amide bonds. The lowest BCUT2D eigenvalue weighted by molar-refractivity contribution is 0.122. The largest absolute Gasteiger partial charge is 0.389 e. The molecular weight excluding hydrogens is 182 g/mol. The topological polar surface area (TPSA) is 67.3 Å². The van der Waals surface area contributed by atoms with E-state index in [2.05, 4.69) is 15.3 Å². The first-order valence-electron chi connectivity index (χ1n) is 4.61. The molecule has 0 aromatic carbocycles. The van der Waals surface area contributed by atoms with Crippen LogP contribution in [-0.4, -0.2) is 40.4 Å². The molecule has 1 aliphatic rings. The van der Waals surface area contributed by atoms with Gasteiger partial charge in [-0.05, 0) is 6.07 Å². The van der Waals surface area contributed by atoms with Gasteiger partial charge in [-0.25, -0.2) is 9.97 Å². The van der Waals surface area contributed by atoms with E-state index < -0.39 is 6.10 Å². The summed E-state index contributed by atoms with van der Waals surface area (Å²) in [6.45, 7) is 1.52. The zero-order valence-corrected chi connectivity index (χ0v) is 7.76. The monoisotopic (exact) mass is 195 g/mol. The third kappa shape index (κ3) is 2.25. The van der Waals surface area contributed by atoms with Crippen molar-refractivity contribution >= 4 is 0 Å². The Bertz CT molecular complexity index is 281. The van der Waals surface area contributed by atoms with Gasteiger partial charge < -0.3 is 15.2 Å². The average Bonchev–Trinajstić information content (AvgIpc) is 2.63. The predicted octanol–water partition coefficient (Wildman–Crippen LogP) is -0.674. The summed E-state index contributed by atoms with van der Waals surface area (Å²) < 4.78 is 5.10. The number of hydrogen-bond donors (Lipinski definition) is 2. The molecule has 5 heteroatoms. The number of aliphatic hydroxyl groups is 1. The van der Waals surface area contributed by atoms with E-state index >= 15 is 0 Å². The van der Waals surface area contributed by atoms with Crippen molar-refractivity contribution < 1.29 is 9.84 Å². The Morgan fingerprint density at radius 2 is 2.21 bits per heavy atom. The first kappa shape index (κ1) is 9.51. The normalized spacial score (nSPS) is 26.6. The molecule has 2 rings (SSSR count). The second-order valence-corrected chi connectivity index (χ2v) is 3.26. The van der Waals surface area contributed by atoms with Crippen LogP contribution in [0.15, 0.2) is 18.5 Å². The lowest BCUT2D eigenvalue weighted by Crippen LogP contribution is -2.38. The summed E-state index contributed by atoms with van der Waals surface area (Å²) in [7, 11) is 0.